The number of hydrogen-bond donors (Lipinski definition) is 5. The van der Waals surface area contributed by atoms with Crippen molar-refractivity contribution >= 4 is 32.3 Å². The van der Waals surface area contributed by atoms with Crippen molar-refractivity contribution in [3.8, 4) is 0 Å². The van der Waals surface area contributed by atoms with Crippen molar-refractivity contribution in [1.29, 1.82) is 0 Å². The number of rotatable bonds is 9. The third kappa shape index (κ3) is 11.0. The van der Waals surface area contributed by atoms with Gasteiger partial charge in [-0.05, 0) is 89.0 Å². The van der Waals surface area contributed by atoms with Gasteiger partial charge in [0.2, 0.25) is 0 Å². The molecule has 1 saturated heterocycles. The number of nitrogens with zero attached hydrogens (tertiary/aromatic N) is 3. The molecule has 48 heavy (non-hydrogen) atoms. The van der Waals surface area contributed by atoms with E-state index < -0.39 is 66.0 Å². The maximum Gasteiger partial charge on any atom is 1.00 e. The molecule has 0 aromatic carbocycles. The van der Waals surface area contributed by atoms with Crippen LogP contribution in [-0.2, 0) is 29.6 Å². The number of nitrogens with two attached hydrogens (primary N) is 1. The molecule has 5 fully saturated rings. The van der Waals surface area contributed by atoms with Crippen LogP contribution in [0.3, 0.4) is 0 Å². The molecule has 5 aliphatic rings. The zero-order valence-corrected chi connectivity index (χ0v) is 36.7. The predicted octanol–water partition coefficient (Wildman–Crippen LogP) is -10.4. The summed E-state index contributed by atoms with van der Waals surface area (Å²) in [5.41, 5.74) is 6.07. The van der Waals surface area contributed by atoms with Gasteiger partial charge >= 0.3 is 88.7 Å². The Labute approximate surface area is 353 Å². The van der Waals surface area contributed by atoms with Gasteiger partial charge in [0.15, 0.2) is 0 Å². The molecule has 5 rings (SSSR count). The molecule has 6 N–H and O–H groups in total. The minimum atomic E-state index is -4.94. The van der Waals surface area contributed by atoms with Crippen LogP contribution in [0.1, 0.15) is 64.7 Å². The van der Waals surface area contributed by atoms with Gasteiger partial charge in [-0.3, -0.25) is 25.9 Å². The molecular weight excluding hydrogens is 723 g/mol. The summed E-state index contributed by atoms with van der Waals surface area (Å²) in [6.45, 7) is 1.98. The van der Waals surface area contributed by atoms with E-state index in [9.17, 15) is 36.3 Å². The van der Waals surface area contributed by atoms with E-state index in [-0.39, 0.29) is 145 Å². The summed E-state index contributed by atoms with van der Waals surface area (Å²) >= 11 is 0.724. The maximum absolute atomic E-state index is 12.5. The number of fused-ring (bicyclic) bond motifs is 2. The normalized spacial score (nSPS) is 42.1. The monoisotopic (exact) mass is 767 g/mol. The fourth-order valence-electron chi connectivity index (χ4n) is 8.77. The quantitative estimate of drug-likeness (QED) is 0.0364. The number of nitrogens with one attached hydrogen (secondary N) is 3. The van der Waals surface area contributed by atoms with Gasteiger partial charge in [0, 0.05) is 18.1 Å². The Morgan fingerprint density at radius 2 is 1.58 bits per heavy atom. The van der Waals surface area contributed by atoms with Gasteiger partial charge in [-0.1, -0.05) is 6.42 Å². The van der Waals surface area contributed by atoms with Crippen molar-refractivity contribution in [2.45, 2.75) is 123 Å². The number of azo groups is 1. The van der Waals surface area contributed by atoms with E-state index in [2.05, 4.69) is 40.5 Å². The molecule has 23 heteroatoms. The van der Waals surface area contributed by atoms with Gasteiger partial charge < -0.3 is 25.2 Å². The summed E-state index contributed by atoms with van der Waals surface area (Å²) in [6.07, 6.45) is 2.23. The molecule has 1 heterocycles. The Hall–Kier alpha value is 2.41. The second kappa shape index (κ2) is 19.8. The molecule has 4 aliphatic carbocycles. The summed E-state index contributed by atoms with van der Waals surface area (Å²) in [6, 6.07) is -1.77. The Morgan fingerprint density at radius 3 is 2.21 bits per heavy atom. The fourth-order valence-corrected chi connectivity index (χ4v) is 12.1. The number of aliphatic hydroxyl groups excluding tert-OH is 1. The van der Waals surface area contributed by atoms with Gasteiger partial charge in [-0.25, -0.2) is 16.8 Å². The molecule has 0 radical (unpaired) electrons. The zero-order chi connectivity index (χ0) is 32.7. The first-order valence-corrected chi connectivity index (χ1v) is 19.3. The van der Waals surface area contributed by atoms with Crippen LogP contribution in [0.5, 0.6) is 0 Å². The first-order valence-electron chi connectivity index (χ1n) is 15.5. The first-order chi connectivity index (χ1) is 21.2. The third-order valence-corrected chi connectivity index (χ3v) is 14.3. The minimum absolute atomic E-state index is 0. The predicted molar refractivity (Wildman–Crippen MR) is 157 cm³/mol. The average molecular weight is 768 g/mol. The second-order valence-corrected chi connectivity index (χ2v) is 17.3. The summed E-state index contributed by atoms with van der Waals surface area (Å²) in [5, 5.41) is 41.1. The zero-order valence-electron chi connectivity index (χ0n) is 28.2. The van der Waals surface area contributed by atoms with E-state index in [1.807, 2.05) is 14.0 Å². The molecule has 0 amide bonds. The van der Waals surface area contributed by atoms with Gasteiger partial charge in [0.25, 0.3) is 0 Å². The average Bonchev–Trinajstić information content (AvgIpc) is 2.96. The molecular formula is C25H44N7Na3O10S3. The van der Waals surface area contributed by atoms with E-state index in [1.165, 1.54) is 0 Å². The van der Waals surface area contributed by atoms with Crippen LogP contribution < -0.4 is 116 Å². The standard InChI is InChI=1S/C25H47N7O10S3.3Na/c1-12-27-24(26)29-25(28-12)32(2)14-6-7-15-13(10-14)11-19(43-42-41-34)21(22(15)33)31-30-18-9-8-16-17(23(18)45(38,39)40)4-3-5-20(16)44(35,36)37;;;/h12-25,27-29,33-34H,3-11,26H2,1-2H3,(H,35,36,37)(H,38,39,40);;;/q;3*+1/p-3. The molecule has 4 saturated carbocycles. The van der Waals surface area contributed by atoms with E-state index in [0.717, 1.165) is 24.9 Å². The van der Waals surface area contributed by atoms with Crippen LogP contribution in [0.4, 0.5) is 0 Å². The molecule has 0 aromatic rings. The third-order valence-electron chi connectivity index (χ3n) is 10.8. The van der Waals surface area contributed by atoms with E-state index in [0.29, 0.717) is 25.7 Å². The van der Waals surface area contributed by atoms with E-state index >= 15 is 0 Å². The first kappa shape index (κ1) is 46.6. The maximum atomic E-state index is 12.5. The molecule has 17 nitrogen and oxygen atoms in total. The molecule has 0 bridgehead atoms. The molecule has 1 aliphatic heterocycles. The molecule has 14 atom stereocenters. The van der Waals surface area contributed by atoms with Crippen LogP contribution in [0.15, 0.2) is 10.2 Å². The van der Waals surface area contributed by atoms with Crippen molar-refractivity contribution in [2.75, 3.05) is 7.05 Å². The van der Waals surface area contributed by atoms with Crippen LogP contribution in [-0.4, -0.2) is 102 Å². The van der Waals surface area contributed by atoms with Crippen LogP contribution in [0.25, 0.3) is 0 Å². The molecule has 260 valence electrons. The molecule has 0 spiro atoms. The van der Waals surface area contributed by atoms with Crippen molar-refractivity contribution in [1.82, 2.24) is 20.9 Å². The van der Waals surface area contributed by atoms with Crippen LogP contribution in [0.2, 0.25) is 0 Å². The van der Waals surface area contributed by atoms with Crippen molar-refractivity contribution in [3.05, 3.63) is 0 Å². The van der Waals surface area contributed by atoms with Crippen molar-refractivity contribution in [2.24, 2.45) is 39.6 Å². The van der Waals surface area contributed by atoms with Crippen molar-refractivity contribution in [3.63, 3.8) is 0 Å². The molecule has 14 unspecified atom stereocenters. The van der Waals surface area contributed by atoms with Crippen LogP contribution >= 0.6 is 12.0 Å². The van der Waals surface area contributed by atoms with E-state index in [4.69, 9.17) is 5.73 Å². The second-order valence-electron chi connectivity index (χ2n) is 13.3. The topological polar surface area (TPSA) is 266 Å². The van der Waals surface area contributed by atoms with Crippen LogP contribution in [0, 0.1) is 23.7 Å². The summed E-state index contributed by atoms with van der Waals surface area (Å²) in [5.74, 6) is -1.66. The Bertz CT molecular complexity index is 1270. The summed E-state index contributed by atoms with van der Waals surface area (Å²) in [4.78, 5) is 2.19. The van der Waals surface area contributed by atoms with Crippen molar-refractivity contribution < 1.29 is 134 Å². The molecule has 0 aromatic heterocycles. The van der Waals surface area contributed by atoms with Gasteiger partial charge in [-0.15, -0.1) is 0 Å². The van der Waals surface area contributed by atoms with E-state index in [1.54, 1.807) is 0 Å². The summed E-state index contributed by atoms with van der Waals surface area (Å²) in [7, 11) is -7.61. The smallest absolute Gasteiger partial charge is 0.748 e. The Morgan fingerprint density at radius 1 is 0.896 bits per heavy atom. The minimum Gasteiger partial charge on any atom is -0.748 e. The Kier molecular flexibility index (Phi) is 19.2. The van der Waals surface area contributed by atoms with Gasteiger partial charge in [-0.2, -0.15) is 14.6 Å². The van der Waals surface area contributed by atoms with Gasteiger partial charge in [0.1, 0.15) is 18.6 Å². The Balaban J connectivity index is 0.00000267. The summed E-state index contributed by atoms with van der Waals surface area (Å²) < 4.78 is 78.0. The number of aliphatic hydroxyl groups is 1. The fraction of sp³-hybridized carbons (Fsp3) is 1.00. The SMILES string of the molecule is CC1NC(N)NC(N(C)C2CCC3C(CC(SOO[O-])C(N=NC4CCC5C(CCCC5S(=O)(=O)[O-])C4S(=O)(=O)[O-])C3O)C2)N1.[Na+].[Na+].[Na+]. The largest absolute Gasteiger partial charge is 1.00 e. The number of hydrogen-bond acceptors (Lipinski definition) is 18. The van der Waals surface area contributed by atoms with Gasteiger partial charge in [0.05, 0.1) is 54.3 Å².